The number of methoxy groups -OCH3 is 1. The van der Waals surface area contributed by atoms with Crippen molar-refractivity contribution in [2.45, 2.75) is 4.90 Å². The first-order valence-corrected chi connectivity index (χ1v) is 7.96. The predicted molar refractivity (Wildman–Crippen MR) is 73.3 cm³/mol. The predicted octanol–water partition coefficient (Wildman–Crippen LogP) is 1.98. The summed E-state index contributed by atoms with van der Waals surface area (Å²) in [7, 11) is 2.15. The normalized spacial score (nSPS) is 11.2. The molecule has 8 nitrogen and oxygen atoms in total. The van der Waals surface area contributed by atoms with Crippen LogP contribution in [-0.2, 0) is 18.5 Å². The van der Waals surface area contributed by atoms with E-state index in [4.69, 9.17) is 27.0 Å². The Bertz CT molecular complexity index is 674. The van der Waals surface area contributed by atoms with Crippen LogP contribution in [0.15, 0.2) is 17.0 Å². The number of carbonyl (C=O) groups excluding carboxylic acids is 1. The molecule has 11 heteroatoms. The third kappa shape index (κ3) is 4.53. The summed E-state index contributed by atoms with van der Waals surface area (Å²) in [5.74, 6) is -1.03. The molecule has 1 rings (SSSR count). The van der Waals surface area contributed by atoms with Crippen LogP contribution >= 0.6 is 22.3 Å². The van der Waals surface area contributed by atoms with Crippen molar-refractivity contribution < 1.29 is 27.6 Å². The van der Waals surface area contributed by atoms with Gasteiger partial charge >= 0.3 is 5.97 Å². The van der Waals surface area contributed by atoms with Crippen LogP contribution in [0.5, 0.6) is 0 Å². The van der Waals surface area contributed by atoms with Crippen molar-refractivity contribution in [3.05, 3.63) is 32.8 Å². The van der Waals surface area contributed by atoms with Crippen molar-refractivity contribution in [3.63, 3.8) is 0 Å². The number of ether oxygens (including phenoxy) is 2. The number of non-ortho nitro benzene ring substituents is 1. The SMILES string of the molecule is COCCOC(=O)c1cc([N+](=O)[O-])cc(S(=O)(=O)Cl)c1Cl. The molecule has 116 valence electrons. The van der Waals surface area contributed by atoms with Crippen LogP contribution < -0.4 is 0 Å². The van der Waals surface area contributed by atoms with Gasteiger partial charge in [0.15, 0.2) is 0 Å². The average molecular weight is 358 g/mol. The number of benzene rings is 1. The maximum atomic E-state index is 11.8. The standard InChI is InChI=1S/C10H9Cl2NO7S/c1-19-2-3-20-10(14)7-4-6(13(15)16)5-8(9(7)11)21(12,17)18/h4-5H,2-3H2,1H3. The maximum absolute atomic E-state index is 11.8. The van der Waals surface area contributed by atoms with Gasteiger partial charge in [-0.1, -0.05) is 11.6 Å². The van der Waals surface area contributed by atoms with Gasteiger partial charge in [-0.15, -0.1) is 0 Å². The molecule has 0 heterocycles. The first-order valence-electron chi connectivity index (χ1n) is 5.27. The zero-order valence-corrected chi connectivity index (χ0v) is 12.9. The molecule has 0 saturated heterocycles. The number of carbonyl (C=O) groups is 1. The van der Waals surface area contributed by atoms with Crippen molar-refractivity contribution in [1.82, 2.24) is 0 Å². The van der Waals surface area contributed by atoms with Crippen molar-refractivity contribution in [1.29, 1.82) is 0 Å². The number of nitro benzene ring substituents is 1. The van der Waals surface area contributed by atoms with Crippen LogP contribution in [0.3, 0.4) is 0 Å². The molecule has 0 aliphatic heterocycles. The van der Waals surface area contributed by atoms with Gasteiger partial charge in [-0.3, -0.25) is 10.1 Å². The van der Waals surface area contributed by atoms with Gasteiger partial charge in [0.1, 0.15) is 11.5 Å². The van der Waals surface area contributed by atoms with E-state index in [0.29, 0.717) is 6.07 Å². The highest BCUT2D eigenvalue weighted by molar-refractivity contribution is 8.13. The molecule has 1 aromatic rings. The third-order valence-electron chi connectivity index (χ3n) is 2.24. The van der Waals surface area contributed by atoms with Gasteiger partial charge in [-0.05, 0) is 0 Å². The third-order valence-corrected chi connectivity index (χ3v) is 4.10. The second kappa shape index (κ2) is 7.03. The summed E-state index contributed by atoms with van der Waals surface area (Å²) in [5, 5.41) is 10.2. The molecular formula is C10H9Cl2NO7S. The van der Waals surface area contributed by atoms with Crippen LogP contribution in [0.25, 0.3) is 0 Å². The molecule has 21 heavy (non-hydrogen) atoms. The van der Waals surface area contributed by atoms with Crippen LogP contribution in [0, 0.1) is 10.1 Å². The Hall–Kier alpha value is -1.42. The van der Waals surface area contributed by atoms with Gasteiger partial charge in [-0.25, -0.2) is 13.2 Å². The van der Waals surface area contributed by atoms with Gasteiger partial charge in [-0.2, -0.15) is 0 Å². The second-order valence-corrected chi connectivity index (χ2v) is 6.54. The number of hydrogen-bond donors (Lipinski definition) is 0. The molecule has 0 aromatic heterocycles. The Balaban J connectivity index is 3.34. The minimum Gasteiger partial charge on any atom is -0.460 e. The molecule has 0 atom stereocenters. The number of nitrogens with zero attached hydrogens (tertiary/aromatic N) is 1. The number of nitro groups is 1. The summed E-state index contributed by atoms with van der Waals surface area (Å²) < 4.78 is 32.1. The molecule has 0 amide bonds. The zero-order chi connectivity index (χ0) is 16.2. The van der Waals surface area contributed by atoms with E-state index in [0.717, 1.165) is 6.07 Å². The number of hydrogen-bond acceptors (Lipinski definition) is 7. The van der Waals surface area contributed by atoms with Gasteiger partial charge in [0.05, 0.1) is 22.1 Å². The summed E-state index contributed by atoms with van der Waals surface area (Å²) in [4.78, 5) is 20.9. The Labute approximate surface area is 129 Å². The van der Waals surface area contributed by atoms with Crippen LogP contribution in [0.1, 0.15) is 10.4 Å². The fourth-order valence-electron chi connectivity index (χ4n) is 1.31. The molecule has 0 aliphatic carbocycles. The number of esters is 1. The van der Waals surface area contributed by atoms with E-state index in [9.17, 15) is 23.3 Å². The van der Waals surface area contributed by atoms with Crippen LogP contribution in [-0.4, -0.2) is 39.6 Å². The lowest BCUT2D eigenvalue weighted by atomic mass is 10.2. The smallest absolute Gasteiger partial charge is 0.340 e. The van der Waals surface area contributed by atoms with Crippen molar-refractivity contribution in [2.24, 2.45) is 0 Å². The fraction of sp³-hybridized carbons (Fsp3) is 0.300. The minimum atomic E-state index is -4.37. The lowest BCUT2D eigenvalue weighted by molar-refractivity contribution is -0.385. The van der Waals surface area contributed by atoms with Gasteiger partial charge < -0.3 is 9.47 Å². The summed E-state index contributed by atoms with van der Waals surface area (Å²) in [6.45, 7) is -0.0315. The van der Waals surface area contributed by atoms with Crippen molar-refractivity contribution in [3.8, 4) is 0 Å². The molecular weight excluding hydrogens is 349 g/mol. The zero-order valence-electron chi connectivity index (χ0n) is 10.5. The van der Waals surface area contributed by atoms with Gasteiger partial charge in [0, 0.05) is 29.9 Å². The van der Waals surface area contributed by atoms with Crippen molar-refractivity contribution in [2.75, 3.05) is 20.3 Å². The Kier molecular flexibility index (Phi) is 5.90. The van der Waals surface area contributed by atoms with E-state index < -0.39 is 41.1 Å². The highest BCUT2D eigenvalue weighted by Crippen LogP contribution is 2.32. The molecule has 0 radical (unpaired) electrons. The van der Waals surface area contributed by atoms with Crippen molar-refractivity contribution >= 4 is 43.0 Å². The molecule has 0 unspecified atom stereocenters. The number of rotatable bonds is 6. The highest BCUT2D eigenvalue weighted by atomic mass is 35.7. The first-order chi connectivity index (χ1) is 9.68. The molecule has 0 saturated carbocycles. The lowest BCUT2D eigenvalue weighted by Gasteiger charge is -2.08. The minimum absolute atomic E-state index is 0.0962. The van der Waals surface area contributed by atoms with E-state index >= 15 is 0 Å². The second-order valence-electron chi connectivity index (χ2n) is 3.63. The Morgan fingerprint density at radius 1 is 1.38 bits per heavy atom. The van der Waals surface area contributed by atoms with E-state index in [1.165, 1.54) is 7.11 Å². The maximum Gasteiger partial charge on any atom is 0.340 e. The molecule has 0 spiro atoms. The molecule has 0 bridgehead atoms. The molecule has 1 aromatic carbocycles. The van der Waals surface area contributed by atoms with E-state index in [-0.39, 0.29) is 13.2 Å². The average Bonchev–Trinajstić information content (AvgIpc) is 2.37. The Morgan fingerprint density at radius 3 is 2.48 bits per heavy atom. The quantitative estimate of drug-likeness (QED) is 0.251. The van der Waals surface area contributed by atoms with Crippen LogP contribution in [0.2, 0.25) is 5.02 Å². The van der Waals surface area contributed by atoms with E-state index in [1.54, 1.807) is 0 Å². The van der Waals surface area contributed by atoms with E-state index in [2.05, 4.69) is 4.74 Å². The largest absolute Gasteiger partial charge is 0.460 e. The summed E-state index contributed by atoms with van der Waals surface area (Å²) in [6, 6.07) is 1.47. The summed E-state index contributed by atoms with van der Waals surface area (Å²) in [6.07, 6.45) is 0. The monoisotopic (exact) mass is 357 g/mol. The molecule has 0 N–H and O–H groups in total. The first kappa shape index (κ1) is 17.6. The summed E-state index contributed by atoms with van der Waals surface area (Å²) in [5.41, 5.74) is -1.13. The highest BCUT2D eigenvalue weighted by Gasteiger charge is 2.26. The van der Waals surface area contributed by atoms with Gasteiger partial charge in [0.25, 0.3) is 14.7 Å². The molecule has 0 fully saturated rings. The van der Waals surface area contributed by atoms with E-state index in [1.807, 2.05) is 0 Å². The van der Waals surface area contributed by atoms with Gasteiger partial charge in [0.2, 0.25) is 0 Å². The molecule has 0 aliphatic rings. The van der Waals surface area contributed by atoms with Crippen LogP contribution in [0.4, 0.5) is 5.69 Å². The lowest BCUT2D eigenvalue weighted by Crippen LogP contribution is -2.12. The summed E-state index contributed by atoms with van der Waals surface area (Å²) >= 11 is 5.76. The topological polar surface area (TPSA) is 113 Å². The number of halogens is 2. The Morgan fingerprint density at radius 2 is 2.00 bits per heavy atom. The fourth-order valence-corrected chi connectivity index (χ4v) is 2.87.